The molecule has 0 saturated carbocycles. The van der Waals surface area contributed by atoms with Crippen molar-refractivity contribution in [3.05, 3.63) is 82.4 Å². The first-order chi connectivity index (χ1) is 21.0. The number of fused-ring (bicyclic) bond motifs is 4. The van der Waals surface area contributed by atoms with Gasteiger partial charge in [0.05, 0.1) is 34.5 Å². The van der Waals surface area contributed by atoms with Gasteiger partial charge >= 0.3 is 0 Å². The first-order valence-corrected chi connectivity index (χ1v) is 15.6. The molecule has 3 aromatic rings. The third-order valence-corrected chi connectivity index (χ3v) is 10.1. The highest BCUT2D eigenvalue weighted by molar-refractivity contribution is 5.94. The Kier molecular flexibility index (Phi) is 8.53. The Hall–Kier alpha value is -3.71. The van der Waals surface area contributed by atoms with Crippen molar-refractivity contribution in [2.45, 2.75) is 51.1 Å². The van der Waals surface area contributed by atoms with Crippen LogP contribution in [0.1, 0.15) is 70.9 Å². The zero-order valence-electron chi connectivity index (χ0n) is 26.1. The van der Waals surface area contributed by atoms with E-state index < -0.39 is 0 Å². The van der Waals surface area contributed by atoms with Crippen molar-refractivity contribution < 1.29 is 23.7 Å². The van der Waals surface area contributed by atoms with Gasteiger partial charge in [0.15, 0.2) is 23.0 Å². The van der Waals surface area contributed by atoms with Crippen LogP contribution in [0.4, 0.5) is 0 Å². The Morgan fingerprint density at radius 1 is 0.767 bits per heavy atom. The van der Waals surface area contributed by atoms with Crippen LogP contribution in [-0.4, -0.2) is 63.8 Å². The average molecular weight is 585 g/mol. The van der Waals surface area contributed by atoms with Gasteiger partial charge in [-0.25, -0.2) is 0 Å². The number of methoxy groups -OCH3 is 4. The number of hydrogen-bond acceptors (Lipinski definition) is 6. The van der Waals surface area contributed by atoms with Crippen molar-refractivity contribution in [2.75, 3.05) is 48.1 Å². The summed E-state index contributed by atoms with van der Waals surface area (Å²) < 4.78 is 22.8. The number of amides is 1. The number of nitrogens with zero attached hydrogens (tertiary/aromatic N) is 2. The van der Waals surface area contributed by atoms with Crippen LogP contribution >= 0.6 is 0 Å². The number of carbonyl (C=O) groups excluding carboxylic acids is 1. The first-order valence-electron chi connectivity index (χ1n) is 15.6. The molecule has 1 saturated heterocycles. The summed E-state index contributed by atoms with van der Waals surface area (Å²) in [7, 11) is 6.78. The Morgan fingerprint density at radius 2 is 1.35 bits per heavy atom. The second kappa shape index (κ2) is 12.5. The molecule has 3 aliphatic rings. The van der Waals surface area contributed by atoms with Crippen molar-refractivity contribution in [1.82, 2.24) is 9.80 Å². The third kappa shape index (κ3) is 5.44. The number of rotatable bonds is 8. The van der Waals surface area contributed by atoms with Gasteiger partial charge in [0, 0.05) is 31.2 Å². The fourth-order valence-electron chi connectivity index (χ4n) is 7.81. The fraction of sp³-hybridized carbons (Fsp3) is 0.472. The van der Waals surface area contributed by atoms with Crippen LogP contribution in [0.5, 0.6) is 23.0 Å². The minimum absolute atomic E-state index is 0.0460. The van der Waals surface area contributed by atoms with E-state index in [9.17, 15) is 4.79 Å². The molecule has 7 nitrogen and oxygen atoms in total. The fourth-order valence-corrected chi connectivity index (χ4v) is 7.81. The second-order valence-corrected chi connectivity index (χ2v) is 12.1. The molecule has 0 spiro atoms. The number of ether oxygens (including phenoxy) is 4. The SMILES string of the molecule is CC[C@H]1CN2CCc3cc(OC)c(OC)cc3[C@@H]2C[C@@H]1C[C@@H]1c2cc(OC)c(OC)cc2CCN1C(=O)c1ccccc1. The lowest BCUT2D eigenvalue weighted by Crippen LogP contribution is -2.47. The summed E-state index contributed by atoms with van der Waals surface area (Å²) in [5.74, 6) is 4.13. The quantitative estimate of drug-likeness (QED) is 0.302. The smallest absolute Gasteiger partial charge is 0.254 e. The van der Waals surface area contributed by atoms with E-state index in [0.29, 0.717) is 30.2 Å². The maximum atomic E-state index is 14.0. The van der Waals surface area contributed by atoms with Gasteiger partial charge in [0.2, 0.25) is 0 Å². The van der Waals surface area contributed by atoms with E-state index >= 15 is 0 Å². The van der Waals surface area contributed by atoms with E-state index in [4.69, 9.17) is 18.9 Å². The lowest BCUT2D eigenvalue weighted by Gasteiger charge is -2.49. The molecular weight excluding hydrogens is 540 g/mol. The summed E-state index contributed by atoms with van der Waals surface area (Å²) in [5, 5.41) is 0. The lowest BCUT2D eigenvalue weighted by atomic mass is 9.72. The lowest BCUT2D eigenvalue weighted by molar-refractivity contribution is 0.0287. The van der Waals surface area contributed by atoms with Crippen molar-refractivity contribution in [3.63, 3.8) is 0 Å². The summed E-state index contributed by atoms with van der Waals surface area (Å²) in [5.41, 5.74) is 5.87. The zero-order valence-corrected chi connectivity index (χ0v) is 26.1. The Balaban J connectivity index is 1.38. The van der Waals surface area contributed by atoms with E-state index in [1.807, 2.05) is 30.3 Å². The monoisotopic (exact) mass is 584 g/mol. The molecule has 3 aliphatic heterocycles. The van der Waals surface area contributed by atoms with Gasteiger partial charge in [0.25, 0.3) is 5.91 Å². The van der Waals surface area contributed by atoms with E-state index in [1.54, 1.807) is 28.4 Å². The summed E-state index contributed by atoms with van der Waals surface area (Å²) in [6, 6.07) is 18.6. The van der Waals surface area contributed by atoms with Crippen LogP contribution in [-0.2, 0) is 12.8 Å². The summed E-state index contributed by atoms with van der Waals surface area (Å²) >= 11 is 0. The number of hydrogen-bond donors (Lipinski definition) is 0. The molecule has 1 fully saturated rings. The number of benzene rings is 3. The molecule has 0 aromatic heterocycles. The molecule has 0 unspecified atom stereocenters. The minimum Gasteiger partial charge on any atom is -0.493 e. The summed E-state index contributed by atoms with van der Waals surface area (Å²) in [6.45, 7) is 5.12. The zero-order chi connectivity index (χ0) is 30.1. The topological polar surface area (TPSA) is 60.5 Å². The Bertz CT molecular complexity index is 1460. The van der Waals surface area contributed by atoms with Crippen LogP contribution in [0, 0.1) is 11.8 Å². The molecule has 3 aromatic carbocycles. The third-order valence-electron chi connectivity index (χ3n) is 10.1. The number of carbonyl (C=O) groups is 1. The maximum Gasteiger partial charge on any atom is 0.254 e. The highest BCUT2D eigenvalue weighted by Crippen LogP contribution is 2.49. The van der Waals surface area contributed by atoms with E-state index in [1.165, 1.54) is 22.3 Å². The van der Waals surface area contributed by atoms with Crippen LogP contribution in [0.15, 0.2) is 54.6 Å². The molecule has 1 amide bonds. The van der Waals surface area contributed by atoms with Gasteiger partial charge in [-0.3, -0.25) is 9.69 Å². The molecule has 0 radical (unpaired) electrons. The predicted molar refractivity (Wildman–Crippen MR) is 168 cm³/mol. The van der Waals surface area contributed by atoms with Crippen molar-refractivity contribution in [2.24, 2.45) is 11.8 Å². The van der Waals surface area contributed by atoms with Gasteiger partial charge in [-0.15, -0.1) is 0 Å². The van der Waals surface area contributed by atoms with E-state index in [0.717, 1.165) is 68.0 Å². The van der Waals surface area contributed by atoms with Crippen LogP contribution in [0.2, 0.25) is 0 Å². The van der Waals surface area contributed by atoms with Gasteiger partial charge in [-0.05, 0) is 96.2 Å². The van der Waals surface area contributed by atoms with Gasteiger partial charge in [-0.2, -0.15) is 0 Å². The van der Waals surface area contributed by atoms with E-state index in [2.05, 4.69) is 41.0 Å². The molecule has 228 valence electrons. The summed E-state index contributed by atoms with van der Waals surface area (Å²) in [4.78, 5) is 18.8. The number of piperidine rings is 1. The second-order valence-electron chi connectivity index (χ2n) is 12.1. The summed E-state index contributed by atoms with van der Waals surface area (Å²) in [6.07, 6.45) is 4.88. The average Bonchev–Trinajstić information content (AvgIpc) is 3.06. The van der Waals surface area contributed by atoms with Crippen LogP contribution < -0.4 is 18.9 Å². The minimum atomic E-state index is -0.0460. The van der Waals surface area contributed by atoms with Crippen molar-refractivity contribution in [1.29, 1.82) is 0 Å². The maximum absolute atomic E-state index is 14.0. The molecule has 0 bridgehead atoms. The highest BCUT2D eigenvalue weighted by atomic mass is 16.5. The normalized spacial score (nSPS) is 23.0. The molecular formula is C36H44N2O5. The van der Waals surface area contributed by atoms with E-state index in [-0.39, 0.29) is 11.9 Å². The molecule has 3 heterocycles. The van der Waals surface area contributed by atoms with Crippen LogP contribution in [0.25, 0.3) is 0 Å². The molecule has 4 atom stereocenters. The van der Waals surface area contributed by atoms with Gasteiger partial charge in [-0.1, -0.05) is 31.5 Å². The van der Waals surface area contributed by atoms with Crippen molar-refractivity contribution >= 4 is 5.91 Å². The largest absolute Gasteiger partial charge is 0.493 e. The van der Waals surface area contributed by atoms with Crippen LogP contribution in [0.3, 0.4) is 0 Å². The predicted octanol–water partition coefficient (Wildman–Crippen LogP) is 6.50. The highest BCUT2D eigenvalue weighted by Gasteiger charge is 2.42. The molecule has 6 rings (SSSR count). The van der Waals surface area contributed by atoms with Gasteiger partial charge < -0.3 is 23.8 Å². The molecule has 0 aliphatic carbocycles. The molecule has 43 heavy (non-hydrogen) atoms. The first kappa shape index (κ1) is 29.4. The standard InChI is InChI=1S/C36H44N2O5/c1-6-23-22-37-14-12-25-18-32(40-2)34(42-4)20-28(25)30(37)16-27(23)17-31-29-21-35(43-5)33(41-3)19-26(29)13-15-38(31)36(39)24-10-8-7-9-11-24/h7-11,18-21,23,27,30-31H,6,12-17,22H2,1-5H3/t23-,27+,30-,31+/m0/s1. The Labute approximate surface area is 255 Å². The molecule has 7 heteroatoms. The Morgan fingerprint density at radius 3 is 1.98 bits per heavy atom. The van der Waals surface area contributed by atoms with Gasteiger partial charge in [0.1, 0.15) is 0 Å². The molecule has 0 N–H and O–H groups in total. The van der Waals surface area contributed by atoms with Crippen molar-refractivity contribution in [3.8, 4) is 23.0 Å².